The number of benzene rings is 2. The van der Waals surface area contributed by atoms with Crippen LogP contribution in [-0.2, 0) is 4.74 Å². The SMILES string of the molecule is COc1cc(-c2cc(F)cc(F)c2)cc2c(N3CC(OC)C3)nc(-c3cccnc3)nc12. The van der Waals surface area contributed by atoms with Gasteiger partial charge in [0.15, 0.2) is 5.82 Å². The monoisotopic (exact) mass is 434 g/mol. The van der Waals surface area contributed by atoms with Crippen molar-refractivity contribution in [3.8, 4) is 28.3 Å². The summed E-state index contributed by atoms with van der Waals surface area (Å²) in [6.07, 6.45) is 3.51. The third-order valence-corrected chi connectivity index (χ3v) is 5.56. The standard InChI is InChI=1S/C24H20F2N4O2/c1-31-19-12-30(13-19)24-20-8-16(15-6-17(25)10-18(26)7-15)9-21(32-2)22(20)28-23(29-24)14-4-3-5-27-11-14/h3-11,19H,12-13H2,1-2H3. The van der Waals surface area contributed by atoms with E-state index < -0.39 is 11.6 Å². The molecule has 1 aliphatic rings. The Bertz CT molecular complexity index is 1270. The molecule has 0 aliphatic carbocycles. The van der Waals surface area contributed by atoms with E-state index >= 15 is 0 Å². The van der Waals surface area contributed by atoms with Crippen molar-refractivity contribution in [2.75, 3.05) is 32.2 Å². The van der Waals surface area contributed by atoms with Crippen molar-refractivity contribution in [3.05, 3.63) is 66.5 Å². The molecular weight excluding hydrogens is 414 g/mol. The molecule has 6 nitrogen and oxygen atoms in total. The van der Waals surface area contributed by atoms with Crippen LogP contribution in [0.1, 0.15) is 0 Å². The topological polar surface area (TPSA) is 60.4 Å². The molecule has 162 valence electrons. The molecule has 1 saturated heterocycles. The molecule has 0 radical (unpaired) electrons. The number of ether oxygens (including phenoxy) is 2. The van der Waals surface area contributed by atoms with Gasteiger partial charge in [0.2, 0.25) is 0 Å². The average molecular weight is 434 g/mol. The summed E-state index contributed by atoms with van der Waals surface area (Å²) in [4.78, 5) is 15.8. The molecule has 2 aromatic heterocycles. The highest BCUT2D eigenvalue weighted by molar-refractivity contribution is 5.98. The summed E-state index contributed by atoms with van der Waals surface area (Å²) in [5.41, 5.74) is 2.40. The van der Waals surface area contributed by atoms with Crippen LogP contribution in [0.25, 0.3) is 33.4 Å². The van der Waals surface area contributed by atoms with Crippen LogP contribution in [-0.4, -0.2) is 48.4 Å². The Hall–Kier alpha value is -3.65. The Kier molecular flexibility index (Phi) is 5.14. The first-order valence-corrected chi connectivity index (χ1v) is 10.1. The summed E-state index contributed by atoms with van der Waals surface area (Å²) in [5.74, 6) is 0.421. The fraction of sp³-hybridized carbons (Fsp3) is 0.208. The molecule has 5 rings (SSSR count). The number of pyridine rings is 1. The van der Waals surface area contributed by atoms with Gasteiger partial charge in [0.05, 0.1) is 13.2 Å². The third kappa shape index (κ3) is 3.62. The minimum atomic E-state index is -0.645. The number of halogens is 2. The van der Waals surface area contributed by atoms with Gasteiger partial charge in [-0.15, -0.1) is 0 Å². The van der Waals surface area contributed by atoms with E-state index in [1.807, 2.05) is 18.2 Å². The van der Waals surface area contributed by atoms with E-state index in [9.17, 15) is 8.78 Å². The molecule has 0 spiro atoms. The van der Waals surface area contributed by atoms with Crippen molar-refractivity contribution in [3.63, 3.8) is 0 Å². The van der Waals surface area contributed by atoms with Crippen molar-refractivity contribution in [1.82, 2.24) is 15.0 Å². The van der Waals surface area contributed by atoms with E-state index in [0.29, 0.717) is 47.1 Å². The van der Waals surface area contributed by atoms with E-state index in [-0.39, 0.29) is 6.10 Å². The van der Waals surface area contributed by atoms with Crippen LogP contribution in [0.4, 0.5) is 14.6 Å². The molecule has 8 heteroatoms. The van der Waals surface area contributed by atoms with Crippen LogP contribution in [0.3, 0.4) is 0 Å². The maximum absolute atomic E-state index is 13.9. The fourth-order valence-corrected chi connectivity index (χ4v) is 3.85. The highest BCUT2D eigenvalue weighted by Crippen LogP contribution is 2.38. The van der Waals surface area contributed by atoms with Crippen molar-refractivity contribution in [1.29, 1.82) is 0 Å². The molecule has 1 aliphatic heterocycles. The van der Waals surface area contributed by atoms with Crippen molar-refractivity contribution in [2.45, 2.75) is 6.10 Å². The first-order chi connectivity index (χ1) is 15.6. The third-order valence-electron chi connectivity index (χ3n) is 5.56. The van der Waals surface area contributed by atoms with E-state index in [1.54, 1.807) is 32.7 Å². The lowest BCUT2D eigenvalue weighted by Gasteiger charge is -2.39. The summed E-state index contributed by atoms with van der Waals surface area (Å²) in [6, 6.07) is 10.7. The smallest absolute Gasteiger partial charge is 0.163 e. The van der Waals surface area contributed by atoms with E-state index in [4.69, 9.17) is 19.4 Å². The predicted molar refractivity (Wildman–Crippen MR) is 118 cm³/mol. The van der Waals surface area contributed by atoms with Gasteiger partial charge in [-0.05, 0) is 47.5 Å². The second-order valence-corrected chi connectivity index (χ2v) is 7.61. The molecule has 0 N–H and O–H groups in total. The van der Waals surface area contributed by atoms with Crippen molar-refractivity contribution < 1.29 is 18.3 Å². The zero-order chi connectivity index (χ0) is 22.2. The predicted octanol–water partition coefficient (Wildman–Crippen LogP) is 4.48. The maximum Gasteiger partial charge on any atom is 0.163 e. The van der Waals surface area contributed by atoms with Crippen LogP contribution in [0.5, 0.6) is 5.75 Å². The normalized spacial score (nSPS) is 13.9. The van der Waals surface area contributed by atoms with Gasteiger partial charge in [-0.1, -0.05) is 0 Å². The quantitative estimate of drug-likeness (QED) is 0.462. The largest absolute Gasteiger partial charge is 0.494 e. The Morgan fingerprint density at radius 1 is 0.938 bits per heavy atom. The molecular formula is C24H20F2N4O2. The lowest BCUT2D eigenvalue weighted by Crippen LogP contribution is -2.52. The van der Waals surface area contributed by atoms with Crippen LogP contribution >= 0.6 is 0 Å². The zero-order valence-corrected chi connectivity index (χ0v) is 17.5. The van der Waals surface area contributed by atoms with Crippen molar-refractivity contribution >= 4 is 16.7 Å². The molecule has 32 heavy (non-hydrogen) atoms. The number of rotatable bonds is 5. The Morgan fingerprint density at radius 3 is 2.34 bits per heavy atom. The van der Waals surface area contributed by atoms with Gasteiger partial charge in [0.25, 0.3) is 0 Å². The Balaban J connectivity index is 1.74. The summed E-state index contributed by atoms with van der Waals surface area (Å²) in [7, 11) is 3.22. The second kappa shape index (κ2) is 8.12. The van der Waals surface area contributed by atoms with Crippen LogP contribution in [0, 0.1) is 11.6 Å². The summed E-state index contributed by atoms with van der Waals surface area (Å²) in [6.45, 7) is 1.35. The van der Waals surface area contributed by atoms with Gasteiger partial charge < -0.3 is 14.4 Å². The molecule has 0 atom stereocenters. The fourth-order valence-electron chi connectivity index (χ4n) is 3.85. The molecule has 1 fully saturated rings. The molecule has 4 aromatic rings. The van der Waals surface area contributed by atoms with E-state index in [2.05, 4.69) is 9.88 Å². The number of hydrogen-bond acceptors (Lipinski definition) is 6. The first kappa shape index (κ1) is 20.3. The Labute approximate surface area is 183 Å². The number of hydrogen-bond donors (Lipinski definition) is 0. The summed E-state index contributed by atoms with van der Waals surface area (Å²) >= 11 is 0. The molecule has 2 aromatic carbocycles. The lowest BCUT2D eigenvalue weighted by atomic mass is 10.0. The van der Waals surface area contributed by atoms with Crippen LogP contribution in [0.2, 0.25) is 0 Å². The van der Waals surface area contributed by atoms with Gasteiger partial charge in [0, 0.05) is 49.6 Å². The van der Waals surface area contributed by atoms with Crippen LogP contribution in [0.15, 0.2) is 54.9 Å². The molecule has 3 heterocycles. The first-order valence-electron chi connectivity index (χ1n) is 10.1. The Morgan fingerprint density at radius 2 is 1.69 bits per heavy atom. The van der Waals surface area contributed by atoms with Crippen LogP contribution < -0.4 is 9.64 Å². The molecule has 0 saturated carbocycles. The number of methoxy groups -OCH3 is 2. The number of aromatic nitrogens is 3. The lowest BCUT2D eigenvalue weighted by molar-refractivity contribution is 0.0785. The number of anilines is 1. The van der Waals surface area contributed by atoms with Gasteiger partial charge in [-0.25, -0.2) is 18.7 Å². The molecule has 0 bridgehead atoms. The molecule has 0 unspecified atom stereocenters. The number of fused-ring (bicyclic) bond motifs is 1. The minimum absolute atomic E-state index is 0.115. The zero-order valence-electron chi connectivity index (χ0n) is 17.5. The highest BCUT2D eigenvalue weighted by Gasteiger charge is 2.30. The van der Waals surface area contributed by atoms with Crippen molar-refractivity contribution in [2.24, 2.45) is 0 Å². The summed E-state index contributed by atoms with van der Waals surface area (Å²) in [5, 5.41) is 0.728. The van der Waals surface area contributed by atoms with E-state index in [1.165, 1.54) is 12.1 Å². The average Bonchev–Trinajstić information content (AvgIpc) is 2.77. The van der Waals surface area contributed by atoms with Gasteiger partial charge in [-0.3, -0.25) is 4.98 Å². The highest BCUT2D eigenvalue weighted by atomic mass is 19.1. The summed E-state index contributed by atoms with van der Waals surface area (Å²) < 4.78 is 38.8. The number of nitrogens with zero attached hydrogens (tertiary/aromatic N) is 4. The minimum Gasteiger partial charge on any atom is -0.494 e. The molecule has 0 amide bonds. The van der Waals surface area contributed by atoms with Gasteiger partial charge in [-0.2, -0.15) is 0 Å². The maximum atomic E-state index is 13.9. The van der Waals surface area contributed by atoms with Gasteiger partial charge in [0.1, 0.15) is 28.7 Å². The van der Waals surface area contributed by atoms with Gasteiger partial charge >= 0.3 is 0 Å². The van der Waals surface area contributed by atoms with E-state index in [0.717, 1.165) is 17.0 Å². The second-order valence-electron chi connectivity index (χ2n) is 7.61.